The Morgan fingerprint density at radius 2 is 1.87 bits per heavy atom. The van der Waals surface area contributed by atoms with Gasteiger partial charge in [-0.05, 0) is 38.1 Å². The maximum atomic E-state index is 12.4. The molecule has 0 unspecified atom stereocenters. The van der Waals surface area contributed by atoms with Crippen LogP contribution >= 0.6 is 11.6 Å². The molecule has 1 aromatic heterocycles. The molecule has 23 heavy (non-hydrogen) atoms. The van der Waals surface area contributed by atoms with Crippen molar-refractivity contribution in [2.75, 3.05) is 5.32 Å². The van der Waals surface area contributed by atoms with Gasteiger partial charge in [0.25, 0.3) is 5.91 Å². The number of ether oxygens (including phenoxy) is 1. The molecule has 0 saturated carbocycles. The molecular formula is C13H12ClF3N4O2. The zero-order valence-corrected chi connectivity index (χ0v) is 12.8. The Kier molecular flexibility index (Phi) is 4.51. The van der Waals surface area contributed by atoms with Gasteiger partial charge in [0.1, 0.15) is 5.75 Å². The second kappa shape index (κ2) is 6.07. The summed E-state index contributed by atoms with van der Waals surface area (Å²) in [7, 11) is 0. The molecule has 1 aromatic carbocycles. The number of aromatic amines is 1. The molecule has 0 saturated heterocycles. The Bertz CT molecular complexity index is 698. The molecule has 2 aromatic rings. The first-order valence-corrected chi connectivity index (χ1v) is 6.71. The molecule has 6 nitrogen and oxygen atoms in total. The van der Waals surface area contributed by atoms with Gasteiger partial charge in [-0.25, -0.2) is 0 Å². The summed E-state index contributed by atoms with van der Waals surface area (Å²) < 4.78 is 42.7. The van der Waals surface area contributed by atoms with E-state index < -0.39 is 29.5 Å². The fraction of sp³-hybridized carbons (Fsp3) is 0.308. The van der Waals surface area contributed by atoms with Crippen LogP contribution in [0.25, 0.3) is 0 Å². The van der Waals surface area contributed by atoms with Crippen molar-refractivity contribution in [1.29, 1.82) is 0 Å². The molecule has 2 N–H and O–H groups in total. The maximum Gasteiger partial charge on any atom is 0.451 e. The lowest BCUT2D eigenvalue weighted by molar-refractivity contribution is -0.144. The first-order valence-electron chi connectivity index (χ1n) is 6.33. The molecule has 0 radical (unpaired) electrons. The number of nitrogens with one attached hydrogen (secondary N) is 2. The third kappa shape index (κ3) is 4.35. The molecule has 0 aliphatic carbocycles. The van der Waals surface area contributed by atoms with E-state index in [0.717, 1.165) is 0 Å². The number of benzene rings is 1. The predicted octanol–water partition coefficient (Wildman–Crippen LogP) is 3.27. The van der Waals surface area contributed by atoms with E-state index in [9.17, 15) is 18.0 Å². The number of aromatic nitrogens is 3. The van der Waals surface area contributed by atoms with E-state index >= 15 is 0 Å². The van der Waals surface area contributed by atoms with E-state index in [-0.39, 0.29) is 0 Å². The van der Waals surface area contributed by atoms with Crippen LogP contribution in [0.5, 0.6) is 5.75 Å². The molecule has 1 heterocycles. The zero-order valence-electron chi connectivity index (χ0n) is 12.0. The van der Waals surface area contributed by atoms with Crippen molar-refractivity contribution in [3.8, 4) is 5.75 Å². The summed E-state index contributed by atoms with van der Waals surface area (Å²) in [5, 5.41) is 7.66. The van der Waals surface area contributed by atoms with Crippen molar-refractivity contribution in [2.45, 2.75) is 25.6 Å². The number of carbonyl (C=O) groups excluding carboxylic acids is 1. The minimum absolute atomic E-state index is 0.375. The van der Waals surface area contributed by atoms with Gasteiger partial charge in [0.2, 0.25) is 11.8 Å². The van der Waals surface area contributed by atoms with Gasteiger partial charge in [-0.3, -0.25) is 15.2 Å². The number of amides is 1. The third-order valence-electron chi connectivity index (χ3n) is 2.71. The first kappa shape index (κ1) is 17.1. The molecule has 0 atom stereocenters. The molecule has 2 rings (SSSR count). The minimum Gasteiger partial charge on any atom is -0.478 e. The van der Waals surface area contributed by atoms with Gasteiger partial charge < -0.3 is 4.74 Å². The average Bonchev–Trinajstić information content (AvgIpc) is 2.89. The summed E-state index contributed by atoms with van der Waals surface area (Å²) >= 11 is 5.75. The first-order chi connectivity index (χ1) is 10.6. The van der Waals surface area contributed by atoms with E-state index in [1.54, 1.807) is 29.4 Å². The summed E-state index contributed by atoms with van der Waals surface area (Å²) in [5.74, 6) is -2.12. The van der Waals surface area contributed by atoms with Crippen LogP contribution in [0.15, 0.2) is 24.3 Å². The van der Waals surface area contributed by atoms with Crippen molar-refractivity contribution >= 4 is 23.5 Å². The fourth-order valence-electron chi connectivity index (χ4n) is 1.54. The highest BCUT2D eigenvalue weighted by molar-refractivity contribution is 6.30. The van der Waals surface area contributed by atoms with Gasteiger partial charge in [0.05, 0.1) is 0 Å². The topological polar surface area (TPSA) is 79.9 Å². The average molecular weight is 349 g/mol. The molecule has 0 aliphatic heterocycles. The number of rotatable bonds is 4. The van der Waals surface area contributed by atoms with Crippen molar-refractivity contribution in [2.24, 2.45) is 0 Å². The number of H-pyrrole nitrogens is 1. The van der Waals surface area contributed by atoms with E-state index in [1.165, 1.54) is 13.8 Å². The summed E-state index contributed by atoms with van der Waals surface area (Å²) in [6, 6.07) is 6.28. The van der Waals surface area contributed by atoms with E-state index in [0.29, 0.717) is 10.8 Å². The predicted molar refractivity (Wildman–Crippen MR) is 76.2 cm³/mol. The number of carbonyl (C=O) groups is 1. The quantitative estimate of drug-likeness (QED) is 0.888. The van der Waals surface area contributed by atoms with Gasteiger partial charge in [-0.15, -0.1) is 5.10 Å². The second-order valence-corrected chi connectivity index (χ2v) is 5.46. The van der Waals surface area contributed by atoms with Gasteiger partial charge in [-0.1, -0.05) is 11.6 Å². The molecular weight excluding hydrogens is 337 g/mol. The number of nitrogens with zero attached hydrogens (tertiary/aromatic N) is 2. The Labute approximate surface area is 134 Å². The van der Waals surface area contributed by atoms with Crippen LogP contribution in [-0.2, 0) is 11.0 Å². The lowest BCUT2D eigenvalue weighted by atomic mass is 10.1. The largest absolute Gasteiger partial charge is 0.478 e. The van der Waals surface area contributed by atoms with E-state index in [4.69, 9.17) is 16.3 Å². The lowest BCUT2D eigenvalue weighted by Gasteiger charge is -2.24. The van der Waals surface area contributed by atoms with Crippen LogP contribution in [0.3, 0.4) is 0 Å². The number of hydrogen-bond donors (Lipinski definition) is 2. The molecule has 124 valence electrons. The van der Waals surface area contributed by atoms with Crippen molar-refractivity contribution in [3.63, 3.8) is 0 Å². The Balaban J connectivity index is 2.06. The zero-order chi connectivity index (χ0) is 17.3. The standard InChI is InChI=1S/C13H12ClF3N4O2/c1-12(2,23-8-5-3-7(14)4-6-8)10(22)19-11-18-9(20-21-11)13(15,16)17/h3-6H,1-2H3,(H2,18,19,20,21,22). The molecule has 0 spiro atoms. The van der Waals surface area contributed by atoms with Crippen molar-refractivity contribution in [3.05, 3.63) is 35.1 Å². The Morgan fingerprint density at radius 1 is 1.26 bits per heavy atom. The molecule has 0 fully saturated rings. The van der Waals surface area contributed by atoms with Crippen LogP contribution in [0.1, 0.15) is 19.7 Å². The van der Waals surface area contributed by atoms with Gasteiger partial charge in [0.15, 0.2) is 5.60 Å². The highest BCUT2D eigenvalue weighted by atomic mass is 35.5. The van der Waals surface area contributed by atoms with Gasteiger partial charge >= 0.3 is 6.18 Å². The summed E-state index contributed by atoms with van der Waals surface area (Å²) in [4.78, 5) is 15.3. The Hall–Kier alpha value is -2.29. The SMILES string of the molecule is CC(C)(Oc1ccc(Cl)cc1)C(=O)Nc1n[nH]c(C(F)(F)F)n1. The number of alkyl halides is 3. The summed E-state index contributed by atoms with van der Waals surface area (Å²) in [6.07, 6.45) is -4.68. The van der Waals surface area contributed by atoms with Crippen LogP contribution in [0, 0.1) is 0 Å². The molecule has 1 amide bonds. The highest BCUT2D eigenvalue weighted by Crippen LogP contribution is 2.26. The van der Waals surface area contributed by atoms with Gasteiger partial charge in [0, 0.05) is 5.02 Å². The van der Waals surface area contributed by atoms with Crippen LogP contribution < -0.4 is 10.1 Å². The minimum atomic E-state index is -4.68. The fourth-order valence-corrected chi connectivity index (χ4v) is 1.67. The molecule has 0 bridgehead atoms. The Morgan fingerprint density at radius 3 is 2.39 bits per heavy atom. The summed E-state index contributed by atoms with van der Waals surface area (Å²) in [5.41, 5.74) is -1.37. The summed E-state index contributed by atoms with van der Waals surface area (Å²) in [6.45, 7) is 2.91. The third-order valence-corrected chi connectivity index (χ3v) is 2.96. The number of halogens is 4. The molecule has 0 aliphatic rings. The smallest absolute Gasteiger partial charge is 0.451 e. The van der Waals surface area contributed by atoms with Crippen LogP contribution in [-0.4, -0.2) is 26.7 Å². The maximum absolute atomic E-state index is 12.4. The second-order valence-electron chi connectivity index (χ2n) is 5.03. The highest BCUT2D eigenvalue weighted by Gasteiger charge is 2.36. The van der Waals surface area contributed by atoms with Gasteiger partial charge in [-0.2, -0.15) is 18.2 Å². The monoisotopic (exact) mass is 348 g/mol. The number of hydrogen-bond acceptors (Lipinski definition) is 4. The lowest BCUT2D eigenvalue weighted by Crippen LogP contribution is -2.42. The van der Waals surface area contributed by atoms with Crippen molar-refractivity contribution in [1.82, 2.24) is 15.2 Å². The van der Waals surface area contributed by atoms with Crippen LogP contribution in [0.2, 0.25) is 5.02 Å². The normalized spacial score (nSPS) is 12.1. The van der Waals surface area contributed by atoms with E-state index in [2.05, 4.69) is 15.4 Å². The van der Waals surface area contributed by atoms with E-state index in [1.807, 2.05) is 0 Å². The van der Waals surface area contributed by atoms with Crippen LogP contribution in [0.4, 0.5) is 19.1 Å². The number of anilines is 1. The van der Waals surface area contributed by atoms with Crippen molar-refractivity contribution < 1.29 is 22.7 Å². The molecule has 10 heteroatoms.